The predicted octanol–water partition coefficient (Wildman–Crippen LogP) is 0.713. The number of nitrogen functional groups attached to an aromatic ring is 1. The Balaban J connectivity index is 1.41. The maximum absolute atomic E-state index is 12.8. The molecular formula is C19H19N5O7S3. The summed E-state index contributed by atoms with van der Waals surface area (Å²) in [4.78, 5) is 60.1. The first-order valence-corrected chi connectivity index (χ1v) is 12.7. The monoisotopic (exact) mass is 525 g/mol. The molecule has 4 rings (SSSR count). The van der Waals surface area contributed by atoms with Crippen LogP contribution in [0.3, 0.4) is 0 Å². The maximum Gasteiger partial charge on any atom is 0.313 e. The third kappa shape index (κ3) is 4.50. The molecule has 0 saturated carbocycles. The zero-order chi connectivity index (χ0) is 24.5. The van der Waals surface area contributed by atoms with Gasteiger partial charge in [0.1, 0.15) is 29.6 Å². The number of aliphatic carboxylic acids is 1. The molecule has 2 aliphatic heterocycles. The number of nitrogens with one attached hydrogen (secondary N) is 1. The lowest BCUT2D eigenvalue weighted by atomic mass is 9.89. The number of nitrogens with zero attached hydrogens (tertiary/aromatic N) is 3. The first-order chi connectivity index (χ1) is 16.3. The average Bonchev–Trinajstić information content (AvgIpc) is 3.51. The van der Waals surface area contributed by atoms with Gasteiger partial charge < -0.3 is 30.3 Å². The van der Waals surface area contributed by atoms with E-state index >= 15 is 0 Å². The van der Waals surface area contributed by atoms with Gasteiger partial charge in [-0.25, -0.2) is 4.98 Å². The summed E-state index contributed by atoms with van der Waals surface area (Å²) in [6.07, 6.45) is 1.36. The number of amides is 2. The van der Waals surface area contributed by atoms with E-state index in [9.17, 15) is 24.3 Å². The number of carbonyl (C=O) groups is 4. The third-order valence-corrected chi connectivity index (χ3v) is 8.67. The molecule has 4 heterocycles. The standard InChI is InChI=1S/C19H19N5O7S3/c1-30-23-11(9-5-32-18(20)21-9)13(25)22-12-14(26)24-6-19(17(28)29,7-33-15(12)24)8-34-16(27)10-3-2-4-31-10/h2-5,12,15H,6-8H2,1H3,(H2,20,21)(H,22,25)(H,28,29)/t12?,15-,19?/m1/s1. The van der Waals surface area contributed by atoms with E-state index in [1.54, 1.807) is 11.4 Å². The highest BCUT2D eigenvalue weighted by Crippen LogP contribution is 2.44. The lowest BCUT2D eigenvalue weighted by molar-refractivity contribution is -0.157. The Morgan fingerprint density at radius 1 is 1.50 bits per heavy atom. The Morgan fingerprint density at radius 2 is 2.29 bits per heavy atom. The summed E-state index contributed by atoms with van der Waals surface area (Å²) < 4.78 is 5.06. The van der Waals surface area contributed by atoms with Crippen LogP contribution in [0.5, 0.6) is 0 Å². The molecule has 2 amide bonds. The first kappa shape index (κ1) is 24.1. The van der Waals surface area contributed by atoms with E-state index in [0.717, 1.165) is 23.1 Å². The van der Waals surface area contributed by atoms with Crippen molar-refractivity contribution in [3.63, 3.8) is 0 Å². The number of furan rings is 1. The lowest BCUT2D eigenvalue weighted by Crippen LogP contribution is -2.74. The Labute approximate surface area is 205 Å². The summed E-state index contributed by atoms with van der Waals surface area (Å²) in [5, 5.41) is 17.2. The van der Waals surface area contributed by atoms with E-state index in [1.807, 2.05) is 0 Å². The molecule has 34 heavy (non-hydrogen) atoms. The van der Waals surface area contributed by atoms with Gasteiger partial charge in [-0.05, 0) is 12.1 Å². The van der Waals surface area contributed by atoms with Crippen LogP contribution in [0.1, 0.15) is 16.2 Å². The highest BCUT2D eigenvalue weighted by Gasteiger charge is 2.57. The number of β-lactam (4-membered cyclic amide) rings is 1. The van der Waals surface area contributed by atoms with Crippen molar-refractivity contribution in [3.8, 4) is 0 Å². The molecule has 0 radical (unpaired) electrons. The summed E-state index contributed by atoms with van der Waals surface area (Å²) in [5.74, 6) is -1.94. The highest BCUT2D eigenvalue weighted by atomic mass is 32.2. The minimum atomic E-state index is -1.32. The normalized spacial score (nSPS) is 24.2. The SMILES string of the molecule is CON=C(C(=O)NC1C(=O)N2CC(CSC(=O)c3ccco3)(C(=O)O)CS[C@H]12)c1csc(N)n1. The Morgan fingerprint density at radius 3 is 2.91 bits per heavy atom. The van der Waals surface area contributed by atoms with Crippen molar-refractivity contribution in [1.29, 1.82) is 0 Å². The van der Waals surface area contributed by atoms with Gasteiger partial charge in [-0.15, -0.1) is 23.1 Å². The van der Waals surface area contributed by atoms with Crippen LogP contribution in [0, 0.1) is 5.41 Å². The van der Waals surface area contributed by atoms with Crippen molar-refractivity contribution in [1.82, 2.24) is 15.2 Å². The van der Waals surface area contributed by atoms with Crippen LogP contribution in [0.15, 0.2) is 33.3 Å². The molecule has 2 unspecified atom stereocenters. The number of rotatable bonds is 8. The topological polar surface area (TPSA) is 177 Å². The molecule has 4 N–H and O–H groups in total. The number of anilines is 1. The summed E-state index contributed by atoms with van der Waals surface area (Å²) in [5.41, 5.74) is 4.38. The predicted molar refractivity (Wildman–Crippen MR) is 126 cm³/mol. The first-order valence-electron chi connectivity index (χ1n) is 9.75. The number of fused-ring (bicyclic) bond motifs is 1. The fourth-order valence-corrected chi connectivity index (χ4v) is 6.68. The van der Waals surface area contributed by atoms with Gasteiger partial charge >= 0.3 is 5.97 Å². The molecule has 0 aromatic carbocycles. The van der Waals surface area contributed by atoms with Gasteiger partial charge in [-0.2, -0.15) is 0 Å². The van der Waals surface area contributed by atoms with Crippen LogP contribution in [0.4, 0.5) is 5.13 Å². The molecule has 180 valence electrons. The zero-order valence-corrected chi connectivity index (χ0v) is 20.1. The largest absolute Gasteiger partial charge is 0.481 e. The van der Waals surface area contributed by atoms with E-state index in [4.69, 9.17) is 15.0 Å². The molecule has 0 aliphatic carbocycles. The molecule has 2 saturated heterocycles. The van der Waals surface area contributed by atoms with Gasteiger partial charge in [-0.3, -0.25) is 19.2 Å². The summed E-state index contributed by atoms with van der Waals surface area (Å²) >= 11 is 3.19. The minimum Gasteiger partial charge on any atom is -0.481 e. The van der Waals surface area contributed by atoms with Gasteiger partial charge in [0.25, 0.3) is 11.0 Å². The maximum atomic E-state index is 12.8. The summed E-state index contributed by atoms with van der Waals surface area (Å²) in [6, 6.07) is 2.21. The molecule has 0 bridgehead atoms. The molecule has 2 aromatic rings. The zero-order valence-electron chi connectivity index (χ0n) is 17.6. The van der Waals surface area contributed by atoms with Crippen molar-refractivity contribution < 1.29 is 33.5 Å². The Hall–Kier alpha value is -3.04. The molecule has 0 spiro atoms. The number of hydrogen-bond donors (Lipinski definition) is 3. The number of carboxylic acids is 1. The molecular weight excluding hydrogens is 506 g/mol. The average molecular weight is 526 g/mol. The van der Waals surface area contributed by atoms with Crippen LogP contribution >= 0.6 is 34.9 Å². The molecule has 12 nitrogen and oxygen atoms in total. The number of carbonyl (C=O) groups excluding carboxylic acids is 3. The molecule has 15 heteroatoms. The van der Waals surface area contributed by atoms with E-state index < -0.39 is 34.6 Å². The van der Waals surface area contributed by atoms with Crippen molar-refractivity contribution in [2.75, 3.05) is 30.9 Å². The fraction of sp³-hybridized carbons (Fsp3) is 0.368. The number of hydrogen-bond acceptors (Lipinski definition) is 12. The van der Waals surface area contributed by atoms with Gasteiger partial charge in [-0.1, -0.05) is 16.9 Å². The van der Waals surface area contributed by atoms with Crippen LogP contribution < -0.4 is 11.1 Å². The van der Waals surface area contributed by atoms with Crippen molar-refractivity contribution >= 4 is 68.6 Å². The second kappa shape index (κ2) is 9.68. The summed E-state index contributed by atoms with van der Waals surface area (Å²) in [6.45, 7) is -0.0781. The van der Waals surface area contributed by atoms with Crippen molar-refractivity contribution in [2.45, 2.75) is 11.4 Å². The van der Waals surface area contributed by atoms with E-state index in [-0.39, 0.29) is 45.5 Å². The van der Waals surface area contributed by atoms with Gasteiger partial charge in [0, 0.05) is 23.4 Å². The van der Waals surface area contributed by atoms with Crippen LogP contribution in [-0.2, 0) is 19.2 Å². The molecule has 2 fully saturated rings. The minimum absolute atomic E-state index is 0.0295. The number of carboxylic acid groups (broad SMARTS) is 1. The quantitative estimate of drug-likeness (QED) is 0.251. The lowest BCUT2D eigenvalue weighted by Gasteiger charge is -2.53. The molecule has 2 aliphatic rings. The van der Waals surface area contributed by atoms with Crippen LogP contribution in [0.2, 0.25) is 0 Å². The highest BCUT2D eigenvalue weighted by molar-refractivity contribution is 8.14. The van der Waals surface area contributed by atoms with Gasteiger partial charge in [0.2, 0.25) is 5.91 Å². The fourth-order valence-electron chi connectivity index (χ4n) is 3.48. The third-order valence-electron chi connectivity index (χ3n) is 5.25. The number of aromatic nitrogens is 1. The Kier molecular flexibility index (Phi) is 6.86. The second-order valence-electron chi connectivity index (χ2n) is 7.45. The number of nitrogens with two attached hydrogens (primary N) is 1. The van der Waals surface area contributed by atoms with Crippen LogP contribution in [-0.4, -0.2) is 80.2 Å². The second-order valence-corrected chi connectivity index (χ2v) is 10.4. The van der Waals surface area contributed by atoms with Crippen molar-refractivity contribution in [3.05, 3.63) is 35.2 Å². The Bertz CT molecular complexity index is 1150. The van der Waals surface area contributed by atoms with Gasteiger partial charge in [0.15, 0.2) is 16.6 Å². The van der Waals surface area contributed by atoms with E-state index in [2.05, 4.69) is 15.5 Å². The number of thioether (sulfide) groups is 2. The van der Waals surface area contributed by atoms with E-state index in [1.165, 1.54) is 36.1 Å². The number of oxime groups is 1. The summed E-state index contributed by atoms with van der Waals surface area (Å²) in [7, 11) is 1.27. The smallest absolute Gasteiger partial charge is 0.313 e. The molecule has 3 atom stereocenters. The van der Waals surface area contributed by atoms with Gasteiger partial charge in [0.05, 0.1) is 6.26 Å². The number of thiazole rings is 1. The molecule has 2 aromatic heterocycles. The van der Waals surface area contributed by atoms with Crippen LogP contribution in [0.25, 0.3) is 0 Å². The van der Waals surface area contributed by atoms with E-state index in [0.29, 0.717) is 0 Å². The van der Waals surface area contributed by atoms with Crippen molar-refractivity contribution in [2.24, 2.45) is 10.6 Å².